The molecule has 11 nitrogen and oxygen atoms in total. The van der Waals surface area contributed by atoms with Crippen LogP contribution in [0.1, 0.15) is 6.42 Å². The minimum absolute atomic E-state index is 0.806. The zero-order valence-corrected chi connectivity index (χ0v) is 18.3. The molecule has 2 saturated heterocycles. The highest BCUT2D eigenvalue weighted by atomic mass is 15.2. The van der Waals surface area contributed by atoms with Gasteiger partial charge in [0.05, 0.1) is 0 Å². The molecule has 0 radical (unpaired) electrons. The third-order valence-corrected chi connectivity index (χ3v) is 3.75. The van der Waals surface area contributed by atoms with Gasteiger partial charge in [-0.25, -0.2) is 9.97 Å². The molecule has 0 saturated carbocycles. The number of hydrogen-bond acceptors (Lipinski definition) is 6. The number of aliphatic imine (C=N–C) groups is 2. The molecule has 0 amide bonds. The number of rotatable bonds is 2. The molecular weight excluding hydrogens is 382 g/mol. The summed E-state index contributed by atoms with van der Waals surface area (Å²) in [5, 5.41) is 18.1. The van der Waals surface area contributed by atoms with E-state index in [9.17, 15) is 0 Å². The molecule has 2 aromatic heterocycles. The van der Waals surface area contributed by atoms with Crippen LogP contribution in [-0.4, -0.2) is 81.2 Å². The van der Waals surface area contributed by atoms with Crippen molar-refractivity contribution in [3.8, 4) is 0 Å². The third kappa shape index (κ3) is 11.4. The maximum atomic E-state index is 3.99. The van der Waals surface area contributed by atoms with E-state index in [2.05, 4.69) is 56.8 Å². The van der Waals surface area contributed by atoms with E-state index in [4.69, 9.17) is 0 Å². The molecule has 4 heterocycles. The quantitative estimate of drug-likeness (QED) is 0.370. The lowest BCUT2D eigenvalue weighted by molar-refractivity contribution is 0.667. The van der Waals surface area contributed by atoms with Crippen molar-refractivity contribution in [2.24, 2.45) is 9.98 Å². The molecule has 4 rings (SSSR count). The number of nitrogens with zero attached hydrogens (tertiary/aromatic N) is 4. The Kier molecular flexibility index (Phi) is 13.5. The van der Waals surface area contributed by atoms with Crippen molar-refractivity contribution in [2.75, 3.05) is 65.0 Å². The summed E-state index contributed by atoms with van der Waals surface area (Å²) in [6, 6.07) is 5.75. The Hall–Kier alpha value is -3.50. The number of anilines is 2. The summed E-state index contributed by atoms with van der Waals surface area (Å²) in [7, 11) is 7.21. The Morgan fingerprint density at radius 2 is 1.43 bits per heavy atom. The predicted molar refractivity (Wildman–Crippen MR) is 125 cm³/mol. The first-order valence-electron chi connectivity index (χ1n) is 9.88. The molecule has 0 aliphatic carbocycles. The van der Waals surface area contributed by atoms with Gasteiger partial charge in [-0.15, -0.1) is 0 Å². The number of imidazole rings is 1. The highest BCUT2D eigenvalue weighted by Gasteiger charge is 2.01. The first-order chi connectivity index (χ1) is 14.7. The van der Waals surface area contributed by atoms with Crippen molar-refractivity contribution in [3.63, 3.8) is 0 Å². The topological polar surface area (TPSA) is 138 Å². The summed E-state index contributed by atoms with van der Waals surface area (Å²) in [6.07, 6.45) is 6.42. The Bertz CT molecular complexity index is 683. The van der Waals surface area contributed by atoms with Gasteiger partial charge in [-0.2, -0.15) is 0 Å². The van der Waals surface area contributed by atoms with Crippen LogP contribution in [0.4, 0.5) is 11.8 Å². The number of guanidine groups is 2. The number of aromatic nitrogens is 3. The summed E-state index contributed by atoms with van der Waals surface area (Å²) < 4.78 is 0. The van der Waals surface area contributed by atoms with Crippen LogP contribution in [0.15, 0.2) is 46.8 Å². The molecule has 2 fully saturated rings. The van der Waals surface area contributed by atoms with Crippen LogP contribution in [-0.2, 0) is 0 Å². The molecule has 2 aliphatic rings. The fraction of sp³-hybridized carbons (Fsp3) is 0.474. The van der Waals surface area contributed by atoms with Gasteiger partial charge >= 0.3 is 0 Å². The minimum Gasteiger partial charge on any atom is -0.373 e. The number of aromatic amines is 1. The molecule has 166 valence electrons. The lowest BCUT2D eigenvalue weighted by Gasteiger charge is -2.16. The molecule has 0 spiro atoms. The fourth-order valence-electron chi connectivity index (χ4n) is 2.22. The van der Waals surface area contributed by atoms with E-state index in [0.29, 0.717) is 0 Å². The third-order valence-electron chi connectivity index (χ3n) is 3.75. The maximum absolute atomic E-state index is 3.99. The van der Waals surface area contributed by atoms with E-state index in [1.54, 1.807) is 32.7 Å². The van der Waals surface area contributed by atoms with Crippen LogP contribution in [0.3, 0.4) is 0 Å². The molecule has 0 atom stereocenters. The van der Waals surface area contributed by atoms with Crippen LogP contribution in [0.5, 0.6) is 0 Å². The maximum Gasteiger partial charge on any atom is 0.199 e. The predicted octanol–water partition coefficient (Wildman–Crippen LogP) is 0.295. The average Bonchev–Trinajstić information content (AvgIpc) is 3.55. The van der Waals surface area contributed by atoms with Crippen LogP contribution in [0.25, 0.3) is 0 Å². The van der Waals surface area contributed by atoms with Crippen molar-refractivity contribution in [3.05, 3.63) is 36.8 Å². The standard InChI is InChI=1S/C6H8N2.C5H11N3.C4H9N3.C4H7N3/c1-7-6-4-2-3-5-8-6;1-6-5-7-3-2-4-8-5;2*1-5-4-6-2-3-7-4/h2-5H,1H3,(H,7,8);2-4H2,1H3,(H2,6,7,8);2-3H2,1H3,(H2,5,6,7);2-3H,1H3,(H2,5,6,7). The van der Waals surface area contributed by atoms with Crippen LogP contribution < -0.4 is 31.9 Å². The van der Waals surface area contributed by atoms with E-state index < -0.39 is 0 Å². The molecule has 7 N–H and O–H groups in total. The molecule has 0 unspecified atom stereocenters. The Morgan fingerprint density at radius 3 is 1.77 bits per heavy atom. The second kappa shape index (κ2) is 16.5. The summed E-state index contributed by atoms with van der Waals surface area (Å²) >= 11 is 0. The van der Waals surface area contributed by atoms with Gasteiger partial charge in [0.2, 0.25) is 0 Å². The zero-order valence-electron chi connectivity index (χ0n) is 18.3. The first-order valence-corrected chi connectivity index (χ1v) is 9.88. The van der Waals surface area contributed by atoms with Crippen molar-refractivity contribution in [1.82, 2.24) is 36.2 Å². The number of hydrogen-bond donors (Lipinski definition) is 7. The molecule has 30 heavy (non-hydrogen) atoms. The summed E-state index contributed by atoms with van der Waals surface area (Å²) in [5.74, 6) is 3.56. The van der Waals surface area contributed by atoms with Crippen molar-refractivity contribution in [1.29, 1.82) is 0 Å². The van der Waals surface area contributed by atoms with E-state index >= 15 is 0 Å². The van der Waals surface area contributed by atoms with Gasteiger partial charge in [-0.05, 0) is 18.6 Å². The monoisotopic (exact) mass is 417 g/mol. The average molecular weight is 418 g/mol. The number of nitrogens with one attached hydrogen (secondary N) is 7. The molecule has 2 aromatic rings. The SMILES string of the molecule is CN=C1NCCCN1.CN=C1NCCN1.CNc1ccccn1.CNc1ncc[nH]1. The number of H-pyrrole nitrogens is 1. The van der Waals surface area contributed by atoms with Crippen LogP contribution in [0, 0.1) is 0 Å². The van der Waals surface area contributed by atoms with E-state index in [1.165, 1.54) is 6.42 Å². The fourth-order valence-corrected chi connectivity index (χ4v) is 2.22. The largest absolute Gasteiger partial charge is 0.373 e. The van der Waals surface area contributed by atoms with Gasteiger partial charge in [0, 0.05) is 73.0 Å². The number of pyridine rings is 1. The molecule has 0 bridgehead atoms. The Labute approximate surface area is 178 Å². The molecular formula is C19H35N11. The zero-order chi connectivity index (χ0) is 21.9. The van der Waals surface area contributed by atoms with Gasteiger partial charge in [0.25, 0.3) is 0 Å². The van der Waals surface area contributed by atoms with Crippen molar-refractivity contribution < 1.29 is 0 Å². The lowest BCUT2D eigenvalue weighted by Crippen LogP contribution is -2.43. The van der Waals surface area contributed by atoms with Gasteiger partial charge < -0.3 is 36.9 Å². The Morgan fingerprint density at radius 1 is 0.800 bits per heavy atom. The van der Waals surface area contributed by atoms with E-state index in [0.717, 1.165) is 49.9 Å². The second-order valence-electron chi connectivity index (χ2n) is 5.86. The normalized spacial score (nSPS) is 13.6. The lowest BCUT2D eigenvalue weighted by atomic mass is 10.4. The van der Waals surface area contributed by atoms with Crippen LogP contribution in [0.2, 0.25) is 0 Å². The van der Waals surface area contributed by atoms with Gasteiger partial charge in [0.1, 0.15) is 5.82 Å². The highest BCUT2D eigenvalue weighted by molar-refractivity contribution is 5.81. The smallest absolute Gasteiger partial charge is 0.199 e. The van der Waals surface area contributed by atoms with E-state index in [1.807, 2.05) is 32.3 Å². The van der Waals surface area contributed by atoms with E-state index in [-0.39, 0.29) is 0 Å². The van der Waals surface area contributed by atoms with Gasteiger partial charge in [-0.1, -0.05) is 6.07 Å². The summed E-state index contributed by atoms with van der Waals surface area (Å²) in [6.45, 7) is 4.12. The molecule has 0 aromatic carbocycles. The molecule has 2 aliphatic heterocycles. The Balaban J connectivity index is 0.000000200. The van der Waals surface area contributed by atoms with Gasteiger partial charge in [-0.3, -0.25) is 9.98 Å². The van der Waals surface area contributed by atoms with Crippen LogP contribution >= 0.6 is 0 Å². The van der Waals surface area contributed by atoms with Crippen molar-refractivity contribution >= 4 is 23.7 Å². The first kappa shape index (κ1) is 24.5. The summed E-state index contributed by atoms with van der Waals surface area (Å²) in [5.41, 5.74) is 0. The molecule has 11 heteroatoms. The van der Waals surface area contributed by atoms with Gasteiger partial charge in [0.15, 0.2) is 17.9 Å². The summed E-state index contributed by atoms with van der Waals surface area (Å²) in [4.78, 5) is 18.5. The second-order valence-corrected chi connectivity index (χ2v) is 5.86. The van der Waals surface area contributed by atoms with Crippen molar-refractivity contribution in [2.45, 2.75) is 6.42 Å². The minimum atomic E-state index is 0.806. The highest BCUT2D eigenvalue weighted by Crippen LogP contribution is 1.95.